The summed E-state index contributed by atoms with van der Waals surface area (Å²) in [5.41, 5.74) is 0.322. The number of carbonyl (C=O) groups excluding carboxylic acids is 1. The van der Waals surface area contributed by atoms with Crippen molar-refractivity contribution >= 4 is 22.4 Å². The zero-order valence-corrected chi connectivity index (χ0v) is 19.1. The number of pyridine rings is 1. The summed E-state index contributed by atoms with van der Waals surface area (Å²) in [6.45, 7) is 10.5. The van der Waals surface area contributed by atoms with E-state index in [4.69, 9.17) is 0 Å². The van der Waals surface area contributed by atoms with Crippen molar-refractivity contribution in [3.63, 3.8) is 0 Å². The Kier molecular flexibility index (Phi) is 6.23. The highest BCUT2D eigenvalue weighted by Crippen LogP contribution is 2.39. The van der Waals surface area contributed by atoms with Gasteiger partial charge in [-0.1, -0.05) is 20.8 Å². The zero-order valence-electron chi connectivity index (χ0n) is 19.1. The Balaban J connectivity index is 1.50. The van der Waals surface area contributed by atoms with Gasteiger partial charge in [-0.15, -0.1) is 0 Å². The monoisotopic (exact) mass is 447 g/mol. The minimum Gasteiger partial charge on any atom is -0.370 e. The molecule has 2 atom stereocenters. The third-order valence-electron chi connectivity index (χ3n) is 6.81. The lowest BCUT2D eigenvalue weighted by Gasteiger charge is -2.38. The van der Waals surface area contributed by atoms with E-state index in [0.29, 0.717) is 30.8 Å². The first-order valence-electron chi connectivity index (χ1n) is 11.5. The summed E-state index contributed by atoms with van der Waals surface area (Å²) in [6, 6.07) is 6.09. The standard InChI is InChI=1S/C25H32F3N3O/c1-17-11-18(12-19(32)15-30-10-8-24(2,3)16-30)14-31(13-17)22-7-6-21(25(26,27)28)23-20(22)5-4-9-29-23/h4-7,9,17-18H,8,10-16H2,1-3H3/t17-,18-/m0/s1. The molecule has 2 fully saturated rings. The molecule has 0 radical (unpaired) electrons. The Hall–Kier alpha value is -2.15. The van der Waals surface area contributed by atoms with E-state index in [1.807, 2.05) is 0 Å². The average Bonchev–Trinajstić information content (AvgIpc) is 3.03. The molecule has 3 heterocycles. The Bertz CT molecular complexity index is 988. The molecule has 174 valence electrons. The lowest BCUT2D eigenvalue weighted by molar-refractivity contribution is -0.136. The van der Waals surface area contributed by atoms with Crippen LogP contribution >= 0.6 is 0 Å². The molecule has 0 unspecified atom stereocenters. The van der Waals surface area contributed by atoms with Gasteiger partial charge in [0.2, 0.25) is 0 Å². The molecule has 7 heteroatoms. The number of hydrogen-bond acceptors (Lipinski definition) is 4. The number of benzene rings is 1. The van der Waals surface area contributed by atoms with Crippen LogP contribution in [0.25, 0.3) is 10.9 Å². The van der Waals surface area contributed by atoms with Crippen LogP contribution < -0.4 is 4.90 Å². The highest BCUT2D eigenvalue weighted by atomic mass is 19.4. The maximum Gasteiger partial charge on any atom is 0.418 e. The van der Waals surface area contributed by atoms with Crippen molar-refractivity contribution in [2.75, 3.05) is 37.6 Å². The molecule has 2 aliphatic heterocycles. The van der Waals surface area contributed by atoms with Crippen LogP contribution in [0.3, 0.4) is 0 Å². The normalized spacial score (nSPS) is 24.2. The van der Waals surface area contributed by atoms with Crippen LogP contribution in [0.4, 0.5) is 18.9 Å². The molecule has 2 aromatic rings. The fourth-order valence-corrected chi connectivity index (χ4v) is 5.48. The summed E-state index contributed by atoms with van der Waals surface area (Å²) in [7, 11) is 0. The van der Waals surface area contributed by atoms with Crippen LogP contribution in [0.2, 0.25) is 0 Å². The molecule has 2 aliphatic rings. The molecule has 0 spiro atoms. The molecular weight excluding hydrogens is 415 g/mol. The number of nitrogens with zero attached hydrogens (tertiary/aromatic N) is 3. The second-order valence-electron chi connectivity index (χ2n) is 10.5. The van der Waals surface area contributed by atoms with E-state index in [1.54, 1.807) is 18.2 Å². The Morgan fingerprint density at radius 2 is 2.00 bits per heavy atom. The number of Topliss-reactive ketones (excluding diaryl/α,β-unsaturated/α-hetero) is 1. The topological polar surface area (TPSA) is 36.4 Å². The molecule has 0 N–H and O–H groups in total. The number of piperidine rings is 1. The molecule has 1 aromatic heterocycles. The van der Waals surface area contributed by atoms with Gasteiger partial charge < -0.3 is 4.90 Å². The van der Waals surface area contributed by atoms with E-state index < -0.39 is 11.7 Å². The lowest BCUT2D eigenvalue weighted by Crippen LogP contribution is -2.41. The first-order chi connectivity index (χ1) is 15.0. The first kappa shape index (κ1) is 23.0. The number of aromatic nitrogens is 1. The van der Waals surface area contributed by atoms with Gasteiger partial charge in [-0.3, -0.25) is 14.7 Å². The van der Waals surface area contributed by atoms with Crippen molar-refractivity contribution in [2.45, 2.75) is 46.2 Å². The maximum atomic E-state index is 13.5. The summed E-state index contributed by atoms with van der Waals surface area (Å²) in [4.78, 5) is 21.3. The molecule has 4 rings (SSSR count). The zero-order chi connectivity index (χ0) is 23.1. The van der Waals surface area contributed by atoms with Crippen molar-refractivity contribution in [3.8, 4) is 0 Å². The number of anilines is 1. The third kappa shape index (κ3) is 5.08. The summed E-state index contributed by atoms with van der Waals surface area (Å²) in [5, 5.41) is 0.515. The molecule has 32 heavy (non-hydrogen) atoms. The highest BCUT2D eigenvalue weighted by molar-refractivity contribution is 5.94. The molecule has 0 bridgehead atoms. The van der Waals surface area contributed by atoms with Crippen LogP contribution in [0.1, 0.15) is 45.6 Å². The van der Waals surface area contributed by atoms with Crippen LogP contribution in [0, 0.1) is 17.3 Å². The molecule has 1 aromatic carbocycles. The second kappa shape index (κ2) is 8.65. The lowest BCUT2D eigenvalue weighted by atomic mass is 9.86. The Morgan fingerprint density at radius 1 is 1.22 bits per heavy atom. The van der Waals surface area contributed by atoms with E-state index in [2.05, 4.69) is 35.6 Å². The quantitative estimate of drug-likeness (QED) is 0.614. The smallest absolute Gasteiger partial charge is 0.370 e. The van der Waals surface area contributed by atoms with Crippen molar-refractivity contribution in [1.82, 2.24) is 9.88 Å². The van der Waals surface area contributed by atoms with E-state index in [1.165, 1.54) is 6.20 Å². The number of carbonyl (C=O) groups is 1. The van der Waals surface area contributed by atoms with Gasteiger partial charge in [-0.25, -0.2) is 0 Å². The number of hydrogen-bond donors (Lipinski definition) is 0. The SMILES string of the molecule is C[C@H]1C[C@@H](CC(=O)CN2CCC(C)(C)C2)CN(c2ccc(C(F)(F)F)c3ncccc23)C1. The highest BCUT2D eigenvalue weighted by Gasteiger charge is 2.35. The summed E-state index contributed by atoms with van der Waals surface area (Å²) in [5.74, 6) is 0.831. The van der Waals surface area contributed by atoms with E-state index >= 15 is 0 Å². The van der Waals surface area contributed by atoms with E-state index in [9.17, 15) is 18.0 Å². The first-order valence-corrected chi connectivity index (χ1v) is 11.5. The van der Waals surface area contributed by atoms with Crippen LogP contribution in [-0.4, -0.2) is 48.4 Å². The van der Waals surface area contributed by atoms with Crippen LogP contribution in [-0.2, 0) is 11.0 Å². The number of ketones is 1. The van der Waals surface area contributed by atoms with E-state index in [-0.39, 0.29) is 22.6 Å². The summed E-state index contributed by atoms with van der Waals surface area (Å²) >= 11 is 0. The fraction of sp³-hybridized carbons (Fsp3) is 0.600. The molecule has 0 saturated carbocycles. The van der Waals surface area contributed by atoms with Gasteiger partial charge in [0.05, 0.1) is 17.6 Å². The minimum absolute atomic E-state index is 0.0139. The van der Waals surface area contributed by atoms with Gasteiger partial charge in [0.15, 0.2) is 0 Å². The van der Waals surface area contributed by atoms with Gasteiger partial charge >= 0.3 is 6.18 Å². The van der Waals surface area contributed by atoms with Crippen molar-refractivity contribution in [2.24, 2.45) is 17.3 Å². The number of fused-ring (bicyclic) bond motifs is 1. The largest absolute Gasteiger partial charge is 0.418 e. The summed E-state index contributed by atoms with van der Waals surface area (Å²) < 4.78 is 40.4. The molecular formula is C25H32F3N3O. The number of alkyl halides is 3. The second-order valence-corrected chi connectivity index (χ2v) is 10.5. The van der Waals surface area contributed by atoms with Gasteiger partial charge in [-0.05, 0) is 60.9 Å². The number of likely N-dealkylation sites (tertiary alicyclic amines) is 1. The predicted octanol–water partition coefficient (Wildman–Crippen LogP) is 5.41. The van der Waals surface area contributed by atoms with Gasteiger partial charge in [0, 0.05) is 43.3 Å². The summed E-state index contributed by atoms with van der Waals surface area (Å²) in [6.07, 6.45) is -0.441. The van der Waals surface area contributed by atoms with Gasteiger partial charge in [0.25, 0.3) is 0 Å². The fourth-order valence-electron chi connectivity index (χ4n) is 5.48. The van der Waals surface area contributed by atoms with Gasteiger partial charge in [-0.2, -0.15) is 13.2 Å². The Morgan fingerprint density at radius 3 is 2.69 bits per heavy atom. The average molecular weight is 448 g/mol. The van der Waals surface area contributed by atoms with Crippen molar-refractivity contribution in [3.05, 3.63) is 36.0 Å². The molecule has 0 amide bonds. The maximum absolute atomic E-state index is 13.5. The number of halogens is 3. The third-order valence-corrected chi connectivity index (χ3v) is 6.81. The van der Waals surface area contributed by atoms with Crippen molar-refractivity contribution < 1.29 is 18.0 Å². The minimum atomic E-state index is -4.45. The number of rotatable bonds is 5. The Labute approximate surface area is 187 Å². The molecule has 0 aliphatic carbocycles. The molecule has 4 nitrogen and oxygen atoms in total. The van der Waals surface area contributed by atoms with Crippen LogP contribution in [0.15, 0.2) is 30.5 Å². The van der Waals surface area contributed by atoms with E-state index in [0.717, 1.165) is 44.2 Å². The van der Waals surface area contributed by atoms with Gasteiger partial charge in [0.1, 0.15) is 5.78 Å². The molecule has 2 saturated heterocycles. The predicted molar refractivity (Wildman–Crippen MR) is 121 cm³/mol. The van der Waals surface area contributed by atoms with Crippen molar-refractivity contribution in [1.29, 1.82) is 0 Å². The van der Waals surface area contributed by atoms with Crippen LogP contribution in [0.5, 0.6) is 0 Å².